The lowest BCUT2D eigenvalue weighted by Gasteiger charge is -2.31. The molecule has 1 aromatic carbocycles. The number of carbonyl (C=O) groups is 1. The van der Waals surface area contributed by atoms with Gasteiger partial charge in [-0.25, -0.2) is 9.78 Å². The van der Waals surface area contributed by atoms with Gasteiger partial charge < -0.3 is 20.8 Å². The second-order valence-electron chi connectivity index (χ2n) is 6.89. The van der Waals surface area contributed by atoms with E-state index in [1.165, 1.54) is 0 Å². The predicted octanol–water partition coefficient (Wildman–Crippen LogP) is 3.56. The molecule has 1 amide bonds. The molecule has 1 heterocycles. The Bertz CT molecular complexity index is 907. The van der Waals surface area contributed by atoms with Crippen molar-refractivity contribution in [2.45, 2.75) is 50.9 Å². The first-order valence-corrected chi connectivity index (χ1v) is 9.03. The lowest BCUT2D eigenvalue weighted by atomic mass is 9.90. The minimum absolute atomic E-state index is 0.0881. The van der Waals surface area contributed by atoms with E-state index in [0.29, 0.717) is 18.2 Å². The molecule has 0 spiro atoms. The Balaban J connectivity index is 1.81. The zero-order valence-corrected chi connectivity index (χ0v) is 15.5. The molecule has 2 atom stereocenters. The topological polar surface area (TPSA) is 120 Å². The third-order valence-corrected chi connectivity index (χ3v) is 4.83. The van der Waals surface area contributed by atoms with Gasteiger partial charge in [0.25, 0.3) is 0 Å². The monoisotopic (exact) mass is 411 g/mol. The number of alkyl halides is 3. The molecule has 2 aromatic rings. The van der Waals surface area contributed by atoms with Crippen LogP contribution in [0.1, 0.15) is 36.9 Å². The summed E-state index contributed by atoms with van der Waals surface area (Å²) < 4.78 is 38.3. The zero-order valence-electron chi connectivity index (χ0n) is 15.5. The van der Waals surface area contributed by atoms with Gasteiger partial charge in [-0.2, -0.15) is 13.2 Å². The number of nitrogens with one attached hydrogen (secondary N) is 2. The Kier molecular flexibility index (Phi) is 5.76. The number of aromatic nitrogens is 3. The summed E-state index contributed by atoms with van der Waals surface area (Å²) in [5.41, 5.74) is -0.364. The van der Waals surface area contributed by atoms with Crippen LogP contribution in [0, 0.1) is 6.92 Å². The van der Waals surface area contributed by atoms with E-state index in [0.717, 1.165) is 31.4 Å². The van der Waals surface area contributed by atoms with E-state index >= 15 is 0 Å². The quantitative estimate of drug-likeness (QED) is 0.607. The Labute approximate surface area is 164 Å². The second kappa shape index (κ2) is 8.10. The molecule has 4 N–H and O–H groups in total. The second-order valence-corrected chi connectivity index (χ2v) is 6.89. The molecule has 0 aliphatic heterocycles. The molecule has 29 heavy (non-hydrogen) atoms. The van der Waals surface area contributed by atoms with E-state index in [9.17, 15) is 23.1 Å². The van der Waals surface area contributed by atoms with Crippen molar-refractivity contribution >= 4 is 12.0 Å². The summed E-state index contributed by atoms with van der Waals surface area (Å²) in [5.74, 6) is -0.389. The summed E-state index contributed by atoms with van der Waals surface area (Å²) in [4.78, 5) is 15.2. The van der Waals surface area contributed by atoms with Gasteiger partial charge in [0.1, 0.15) is 11.4 Å². The van der Waals surface area contributed by atoms with Crippen molar-refractivity contribution in [1.82, 2.24) is 20.5 Å². The lowest BCUT2D eigenvalue weighted by Crippen LogP contribution is -2.48. The molecular formula is C18H20F3N5O3. The third kappa shape index (κ3) is 4.84. The number of hydrogen-bond donors (Lipinski definition) is 4. The number of carboxylic acid groups (broad SMARTS) is 1. The number of phenols is 1. The van der Waals surface area contributed by atoms with Crippen LogP contribution in [0.5, 0.6) is 5.75 Å². The summed E-state index contributed by atoms with van der Waals surface area (Å²) >= 11 is 0. The SMILES string of the molecule is Cc1nc(N[C@@H]2CCCC[C@H]2NC(=O)O)nnc1-c1ccc(C(F)(F)F)cc1O. The minimum atomic E-state index is -4.57. The maximum atomic E-state index is 12.8. The molecule has 0 unspecified atom stereocenters. The van der Waals surface area contributed by atoms with Crippen LogP contribution in [0.15, 0.2) is 18.2 Å². The van der Waals surface area contributed by atoms with Crippen LogP contribution in [-0.4, -0.2) is 43.6 Å². The van der Waals surface area contributed by atoms with Crippen molar-refractivity contribution in [3.63, 3.8) is 0 Å². The number of rotatable bonds is 4. The summed E-state index contributed by atoms with van der Waals surface area (Å²) in [7, 11) is 0. The van der Waals surface area contributed by atoms with Crippen LogP contribution < -0.4 is 10.6 Å². The lowest BCUT2D eigenvalue weighted by molar-refractivity contribution is -0.137. The van der Waals surface area contributed by atoms with Crippen LogP contribution >= 0.6 is 0 Å². The van der Waals surface area contributed by atoms with E-state index in [-0.39, 0.29) is 29.3 Å². The van der Waals surface area contributed by atoms with E-state index < -0.39 is 23.6 Å². The van der Waals surface area contributed by atoms with Gasteiger partial charge in [0.2, 0.25) is 5.95 Å². The van der Waals surface area contributed by atoms with Crippen LogP contribution in [0.4, 0.5) is 23.9 Å². The van der Waals surface area contributed by atoms with E-state index in [1.54, 1.807) is 6.92 Å². The number of anilines is 1. The first kappa shape index (κ1) is 20.6. The molecule has 1 aromatic heterocycles. The van der Waals surface area contributed by atoms with Crippen molar-refractivity contribution < 1.29 is 28.2 Å². The van der Waals surface area contributed by atoms with Gasteiger partial charge in [-0.3, -0.25) is 0 Å². The first-order valence-electron chi connectivity index (χ1n) is 9.03. The van der Waals surface area contributed by atoms with Crippen molar-refractivity contribution in [2.24, 2.45) is 0 Å². The molecule has 8 nitrogen and oxygen atoms in total. The maximum absolute atomic E-state index is 12.8. The van der Waals surface area contributed by atoms with Gasteiger partial charge >= 0.3 is 12.3 Å². The van der Waals surface area contributed by atoms with Crippen LogP contribution in [0.2, 0.25) is 0 Å². The molecule has 1 aliphatic rings. The molecule has 0 radical (unpaired) electrons. The highest BCUT2D eigenvalue weighted by Gasteiger charge is 2.31. The highest BCUT2D eigenvalue weighted by molar-refractivity contribution is 5.69. The Morgan fingerprint density at radius 3 is 2.45 bits per heavy atom. The van der Waals surface area contributed by atoms with Crippen molar-refractivity contribution in [3.05, 3.63) is 29.5 Å². The highest BCUT2D eigenvalue weighted by atomic mass is 19.4. The molecule has 11 heteroatoms. The zero-order chi connectivity index (χ0) is 21.2. The molecule has 0 bridgehead atoms. The predicted molar refractivity (Wildman–Crippen MR) is 97.5 cm³/mol. The smallest absolute Gasteiger partial charge is 0.416 e. The van der Waals surface area contributed by atoms with Crippen molar-refractivity contribution in [1.29, 1.82) is 0 Å². The van der Waals surface area contributed by atoms with Crippen LogP contribution in [-0.2, 0) is 6.18 Å². The van der Waals surface area contributed by atoms with Gasteiger partial charge in [-0.1, -0.05) is 12.8 Å². The number of benzene rings is 1. The number of nitrogens with zero attached hydrogens (tertiary/aromatic N) is 3. The van der Waals surface area contributed by atoms with Gasteiger partial charge in [0, 0.05) is 11.6 Å². The molecule has 156 valence electrons. The minimum Gasteiger partial charge on any atom is -0.507 e. The molecule has 1 aliphatic carbocycles. The van der Waals surface area contributed by atoms with Crippen molar-refractivity contribution in [3.8, 4) is 17.0 Å². The molecule has 1 saturated carbocycles. The fourth-order valence-corrected chi connectivity index (χ4v) is 3.42. The fraction of sp³-hybridized carbons (Fsp3) is 0.444. The number of amides is 1. The number of phenolic OH excluding ortho intramolecular Hbond substituents is 1. The summed E-state index contributed by atoms with van der Waals surface area (Å²) in [6, 6.07) is 2.12. The van der Waals surface area contributed by atoms with Gasteiger partial charge in [0.15, 0.2) is 0 Å². The molecule has 3 rings (SSSR count). The first-order chi connectivity index (χ1) is 13.6. The van der Waals surface area contributed by atoms with Crippen LogP contribution in [0.3, 0.4) is 0 Å². The van der Waals surface area contributed by atoms with Crippen LogP contribution in [0.25, 0.3) is 11.3 Å². The number of hydrogen-bond acceptors (Lipinski definition) is 6. The number of halogens is 3. The summed E-state index contributed by atoms with van der Waals surface area (Å²) in [5, 5.41) is 32.5. The standard InChI is InChI=1S/C18H20F3N5O3/c1-9-15(11-7-6-10(8-14(11)27)18(19,20)21)25-26-16(22-9)23-12-4-2-3-5-13(12)24-17(28)29/h6-8,12-13,24,27H,2-5H2,1H3,(H,28,29)(H,22,23,26)/t12-,13-/m1/s1. The highest BCUT2D eigenvalue weighted by Crippen LogP contribution is 2.36. The Morgan fingerprint density at radius 1 is 1.17 bits per heavy atom. The number of aromatic hydroxyl groups is 1. The largest absolute Gasteiger partial charge is 0.507 e. The van der Waals surface area contributed by atoms with E-state index in [1.807, 2.05) is 0 Å². The van der Waals surface area contributed by atoms with Gasteiger partial charge in [0.05, 0.1) is 17.3 Å². The number of aryl methyl sites for hydroxylation is 1. The third-order valence-electron chi connectivity index (χ3n) is 4.83. The summed E-state index contributed by atoms with van der Waals surface area (Å²) in [6.07, 6.45) is -2.41. The average Bonchev–Trinajstić information content (AvgIpc) is 2.63. The van der Waals surface area contributed by atoms with E-state index in [4.69, 9.17) is 5.11 Å². The Morgan fingerprint density at radius 2 is 1.86 bits per heavy atom. The average molecular weight is 411 g/mol. The normalized spacial score (nSPS) is 19.6. The molecule has 1 fully saturated rings. The Hall–Kier alpha value is -3.11. The van der Waals surface area contributed by atoms with Gasteiger partial charge in [-0.15, -0.1) is 10.2 Å². The van der Waals surface area contributed by atoms with Gasteiger partial charge in [-0.05, 0) is 38.0 Å². The summed E-state index contributed by atoms with van der Waals surface area (Å²) in [6.45, 7) is 1.60. The van der Waals surface area contributed by atoms with E-state index in [2.05, 4.69) is 25.8 Å². The van der Waals surface area contributed by atoms with Crippen molar-refractivity contribution in [2.75, 3.05) is 5.32 Å². The fourth-order valence-electron chi connectivity index (χ4n) is 3.42. The maximum Gasteiger partial charge on any atom is 0.416 e. The molecular weight excluding hydrogens is 391 g/mol. The molecule has 0 saturated heterocycles.